The zero-order valence-corrected chi connectivity index (χ0v) is 23.4. The lowest BCUT2D eigenvalue weighted by Crippen LogP contribution is -2.54. The molecule has 40 heavy (non-hydrogen) atoms. The molecule has 2 aromatic carbocycles. The van der Waals surface area contributed by atoms with Crippen LogP contribution in [0.4, 0.5) is 13.2 Å². The Morgan fingerprint density at radius 3 is 2.08 bits per heavy atom. The van der Waals surface area contributed by atoms with Gasteiger partial charge in [-0.05, 0) is 82.6 Å². The first-order valence-electron chi connectivity index (χ1n) is 13.4. The number of piperidine rings is 1. The topological polar surface area (TPSA) is 86.8 Å². The summed E-state index contributed by atoms with van der Waals surface area (Å²) in [4.78, 5) is 41.8. The Morgan fingerprint density at radius 1 is 0.975 bits per heavy atom. The van der Waals surface area contributed by atoms with Crippen LogP contribution >= 0.6 is 0 Å². The minimum absolute atomic E-state index is 0.00204. The molecule has 3 aliphatic heterocycles. The number of fused-ring (bicyclic) bond motifs is 3. The Labute approximate surface area is 233 Å². The van der Waals surface area contributed by atoms with Gasteiger partial charge in [-0.25, -0.2) is 22.1 Å². The van der Waals surface area contributed by atoms with Crippen LogP contribution in [-0.4, -0.2) is 61.1 Å². The summed E-state index contributed by atoms with van der Waals surface area (Å²) in [7, 11) is -1.51. The summed E-state index contributed by atoms with van der Waals surface area (Å²) >= 11 is 0. The number of imide groups is 1. The van der Waals surface area contributed by atoms with Crippen LogP contribution in [0.5, 0.6) is 0 Å². The predicted octanol–water partition coefficient (Wildman–Crippen LogP) is 4.13. The summed E-state index contributed by atoms with van der Waals surface area (Å²) < 4.78 is 57.7. The van der Waals surface area contributed by atoms with Crippen LogP contribution in [0.25, 0.3) is 0 Å². The summed E-state index contributed by atoms with van der Waals surface area (Å²) in [5, 5.41) is 0. The monoisotopic (exact) mass is 575 g/mol. The van der Waals surface area contributed by atoms with Gasteiger partial charge in [0.2, 0.25) is 5.91 Å². The lowest BCUT2D eigenvalue weighted by Gasteiger charge is -2.42. The Kier molecular flexibility index (Phi) is 7.64. The van der Waals surface area contributed by atoms with E-state index < -0.39 is 51.0 Å². The molecule has 2 aromatic rings. The molecule has 0 saturated carbocycles. The minimum atomic E-state index is -1.51. The fourth-order valence-electron chi connectivity index (χ4n) is 6.13. The zero-order chi connectivity index (χ0) is 28.9. The van der Waals surface area contributed by atoms with Crippen molar-refractivity contribution in [3.63, 3.8) is 0 Å². The molecule has 5 atom stereocenters. The van der Waals surface area contributed by atoms with Gasteiger partial charge in [0.25, 0.3) is 11.8 Å². The van der Waals surface area contributed by atoms with Crippen LogP contribution in [0.2, 0.25) is 0 Å². The zero-order valence-electron chi connectivity index (χ0n) is 22.6. The van der Waals surface area contributed by atoms with E-state index in [0.717, 1.165) is 23.8 Å². The minimum Gasteiger partial charge on any atom is -0.335 e. The van der Waals surface area contributed by atoms with Gasteiger partial charge in [0, 0.05) is 24.2 Å². The Morgan fingerprint density at radius 2 is 1.52 bits per heavy atom. The predicted molar refractivity (Wildman–Crippen MR) is 143 cm³/mol. The van der Waals surface area contributed by atoms with Gasteiger partial charge in [-0.15, -0.1) is 0 Å². The van der Waals surface area contributed by atoms with Crippen LogP contribution in [0.15, 0.2) is 36.4 Å². The van der Waals surface area contributed by atoms with E-state index in [1.807, 2.05) is 0 Å². The van der Waals surface area contributed by atoms with Crippen LogP contribution < -0.4 is 4.72 Å². The van der Waals surface area contributed by atoms with Gasteiger partial charge >= 0.3 is 0 Å². The molecule has 0 spiro atoms. The fraction of sp³-hybridized carbons (Fsp3) is 0.483. The molecule has 0 radical (unpaired) electrons. The second-order valence-electron chi connectivity index (χ2n) is 11.8. The van der Waals surface area contributed by atoms with Crippen molar-refractivity contribution in [2.45, 2.75) is 75.7 Å². The van der Waals surface area contributed by atoms with Crippen LogP contribution in [0.1, 0.15) is 72.7 Å². The number of hydrogen-bond donors (Lipinski definition) is 1. The SMILES string of the molecule is CC(C)(C)[S@](=O)N[C@@H](Cc1cc(F)c(F)cc1F)C1C[C@H]2CC[C@@H](C1)N2C(=O)CN1C(=O)c2ccccc2C1=O. The number of hydrogen-bond acceptors (Lipinski definition) is 4. The number of rotatable bonds is 7. The van der Waals surface area contributed by atoms with Crippen molar-refractivity contribution >= 4 is 28.7 Å². The number of carbonyl (C=O) groups is 3. The molecule has 2 saturated heterocycles. The van der Waals surface area contributed by atoms with E-state index in [1.54, 1.807) is 49.9 Å². The average Bonchev–Trinajstić information content (AvgIpc) is 3.30. The summed E-state index contributed by atoms with van der Waals surface area (Å²) in [5.41, 5.74) is 0.554. The molecule has 3 amide bonds. The number of nitrogens with one attached hydrogen (secondary N) is 1. The first-order chi connectivity index (χ1) is 18.8. The van der Waals surface area contributed by atoms with Crippen molar-refractivity contribution in [1.82, 2.24) is 14.5 Å². The largest absolute Gasteiger partial charge is 0.335 e. The molecule has 0 aromatic heterocycles. The van der Waals surface area contributed by atoms with Gasteiger partial charge in [-0.2, -0.15) is 0 Å². The fourth-order valence-corrected chi connectivity index (χ4v) is 7.03. The molecule has 3 aliphatic rings. The van der Waals surface area contributed by atoms with Crippen LogP contribution in [0, 0.1) is 23.4 Å². The maximum absolute atomic E-state index is 14.6. The first-order valence-corrected chi connectivity index (χ1v) is 14.6. The highest BCUT2D eigenvalue weighted by Gasteiger charge is 2.47. The Bertz CT molecular complexity index is 1350. The molecule has 3 heterocycles. The van der Waals surface area contributed by atoms with Crippen molar-refractivity contribution in [1.29, 1.82) is 0 Å². The molecule has 5 rings (SSSR count). The maximum atomic E-state index is 14.6. The molecule has 1 unspecified atom stereocenters. The third-order valence-corrected chi connectivity index (χ3v) is 9.77. The van der Waals surface area contributed by atoms with E-state index >= 15 is 0 Å². The molecule has 0 aliphatic carbocycles. The van der Waals surface area contributed by atoms with E-state index in [1.165, 1.54) is 0 Å². The number of benzene rings is 2. The summed E-state index contributed by atoms with van der Waals surface area (Å²) in [6, 6.07) is 6.98. The third kappa shape index (κ3) is 5.33. The second-order valence-corrected chi connectivity index (χ2v) is 13.8. The van der Waals surface area contributed by atoms with Crippen molar-refractivity contribution in [2.24, 2.45) is 5.92 Å². The second kappa shape index (κ2) is 10.7. The van der Waals surface area contributed by atoms with Crippen LogP contribution in [-0.2, 0) is 22.2 Å². The van der Waals surface area contributed by atoms with Gasteiger partial charge in [-0.3, -0.25) is 19.3 Å². The molecular weight excluding hydrogens is 543 g/mol. The average molecular weight is 576 g/mol. The smallest absolute Gasteiger partial charge is 0.262 e. The van der Waals surface area contributed by atoms with E-state index in [0.29, 0.717) is 18.9 Å². The Balaban J connectivity index is 1.33. The van der Waals surface area contributed by atoms with Gasteiger partial charge < -0.3 is 4.90 Å². The van der Waals surface area contributed by atoms with Crippen molar-refractivity contribution < 1.29 is 31.8 Å². The standard InChI is InChI=1S/C29H32F3N3O4S/c1-29(2,3)40(39)33-25(13-16-12-23(31)24(32)14-22(16)30)17-10-18-8-9-19(11-17)35(18)26(36)15-34-27(37)20-6-4-5-7-21(20)28(34)38/h4-7,12,14,17-19,25,33H,8-11,13,15H2,1-3H3/t17?,18-,19+,25-,40-/m0/s1. The van der Waals surface area contributed by atoms with Crippen molar-refractivity contribution in [3.8, 4) is 0 Å². The third-order valence-electron chi connectivity index (χ3n) is 8.14. The van der Waals surface area contributed by atoms with Gasteiger partial charge in [0.1, 0.15) is 12.4 Å². The van der Waals surface area contributed by atoms with Gasteiger partial charge in [0.15, 0.2) is 11.6 Å². The van der Waals surface area contributed by atoms with E-state index in [4.69, 9.17) is 0 Å². The number of halogens is 3. The molecule has 1 N–H and O–H groups in total. The summed E-state index contributed by atoms with van der Waals surface area (Å²) in [5.74, 6) is -4.71. The Hall–Kier alpha value is -3.05. The molecule has 2 bridgehead atoms. The highest BCUT2D eigenvalue weighted by molar-refractivity contribution is 7.84. The quantitative estimate of drug-likeness (QED) is 0.398. The molecular formula is C29H32F3N3O4S. The lowest BCUT2D eigenvalue weighted by atomic mass is 9.82. The number of amides is 3. The van der Waals surface area contributed by atoms with E-state index in [2.05, 4.69) is 4.72 Å². The number of carbonyl (C=O) groups excluding carboxylic acids is 3. The highest BCUT2D eigenvalue weighted by Crippen LogP contribution is 2.41. The normalized spacial score (nSPS) is 23.9. The van der Waals surface area contributed by atoms with Gasteiger partial charge in [0.05, 0.1) is 26.9 Å². The van der Waals surface area contributed by atoms with E-state index in [9.17, 15) is 31.8 Å². The lowest BCUT2D eigenvalue weighted by molar-refractivity contribution is -0.136. The van der Waals surface area contributed by atoms with Crippen LogP contribution in [0.3, 0.4) is 0 Å². The molecule has 11 heteroatoms. The number of nitrogens with zero attached hydrogens (tertiary/aromatic N) is 2. The summed E-state index contributed by atoms with van der Waals surface area (Å²) in [6.07, 6.45) is 2.49. The highest BCUT2D eigenvalue weighted by atomic mass is 32.2. The van der Waals surface area contributed by atoms with E-state index in [-0.39, 0.29) is 53.6 Å². The first kappa shape index (κ1) is 28.5. The molecule has 214 valence electrons. The molecule has 7 nitrogen and oxygen atoms in total. The molecule has 2 fully saturated rings. The van der Waals surface area contributed by atoms with Crippen molar-refractivity contribution in [2.75, 3.05) is 6.54 Å². The maximum Gasteiger partial charge on any atom is 0.262 e. The summed E-state index contributed by atoms with van der Waals surface area (Å²) in [6.45, 7) is 5.06. The van der Waals surface area contributed by atoms with Crippen molar-refractivity contribution in [3.05, 3.63) is 70.5 Å². The van der Waals surface area contributed by atoms with Gasteiger partial charge in [-0.1, -0.05) is 12.1 Å².